The van der Waals surface area contributed by atoms with E-state index in [0.717, 1.165) is 26.1 Å². The summed E-state index contributed by atoms with van der Waals surface area (Å²) in [5.41, 5.74) is 0. The fourth-order valence-corrected chi connectivity index (χ4v) is 1.96. The first kappa shape index (κ1) is 12.9. The zero-order valence-corrected chi connectivity index (χ0v) is 9.82. The van der Waals surface area contributed by atoms with Gasteiger partial charge in [-0.1, -0.05) is 0 Å². The number of nitrogens with zero attached hydrogens (tertiary/aromatic N) is 1. The van der Waals surface area contributed by atoms with Crippen LogP contribution in [0.15, 0.2) is 0 Å². The van der Waals surface area contributed by atoms with Gasteiger partial charge in [-0.05, 0) is 32.7 Å². The number of hydrogen-bond donors (Lipinski definition) is 1. The van der Waals surface area contributed by atoms with E-state index in [2.05, 4.69) is 4.90 Å². The minimum absolute atomic E-state index is 0.113. The van der Waals surface area contributed by atoms with Crippen LogP contribution in [0.1, 0.15) is 20.3 Å². The van der Waals surface area contributed by atoms with Crippen molar-refractivity contribution < 1.29 is 14.6 Å². The van der Waals surface area contributed by atoms with E-state index in [9.17, 15) is 0 Å². The van der Waals surface area contributed by atoms with Crippen molar-refractivity contribution in [2.45, 2.75) is 26.6 Å². The summed E-state index contributed by atoms with van der Waals surface area (Å²) < 4.78 is 11.0. The maximum Gasteiger partial charge on any atom is 0.170 e. The Bertz CT molecular complexity index is 160. The smallest absolute Gasteiger partial charge is 0.170 e. The lowest BCUT2D eigenvalue weighted by atomic mass is 10.1. The highest BCUT2D eigenvalue weighted by atomic mass is 16.7. The van der Waals surface area contributed by atoms with Gasteiger partial charge in [-0.3, -0.25) is 4.90 Å². The molecule has 1 aliphatic heterocycles. The molecule has 0 aromatic rings. The highest BCUT2D eigenvalue weighted by Gasteiger charge is 2.24. The van der Waals surface area contributed by atoms with E-state index in [1.165, 1.54) is 0 Å². The predicted molar refractivity (Wildman–Crippen MR) is 58.7 cm³/mol. The molecule has 0 spiro atoms. The molecule has 1 saturated heterocycles. The second-order valence-corrected chi connectivity index (χ2v) is 3.94. The molecule has 1 aliphatic rings. The molecule has 0 saturated carbocycles. The quantitative estimate of drug-likeness (QED) is 0.637. The van der Waals surface area contributed by atoms with Crippen molar-refractivity contribution in [3.8, 4) is 0 Å². The van der Waals surface area contributed by atoms with E-state index in [1.807, 2.05) is 13.8 Å². The second-order valence-electron chi connectivity index (χ2n) is 3.94. The third kappa shape index (κ3) is 4.47. The molecule has 15 heavy (non-hydrogen) atoms. The molecule has 1 unspecified atom stereocenters. The Hall–Kier alpha value is -0.160. The Kier molecular flexibility index (Phi) is 6.17. The Morgan fingerprint density at radius 3 is 2.47 bits per heavy atom. The molecule has 1 N–H and O–H groups in total. The fourth-order valence-electron chi connectivity index (χ4n) is 1.96. The van der Waals surface area contributed by atoms with E-state index < -0.39 is 0 Å². The number of ether oxygens (including phenoxy) is 2. The molecule has 1 rings (SSSR count). The average molecular weight is 217 g/mol. The van der Waals surface area contributed by atoms with Crippen LogP contribution in [0.25, 0.3) is 0 Å². The molecule has 0 radical (unpaired) electrons. The summed E-state index contributed by atoms with van der Waals surface area (Å²) in [6, 6.07) is 0. The molecular formula is C11H23NO3. The summed E-state index contributed by atoms with van der Waals surface area (Å²) in [7, 11) is 0. The van der Waals surface area contributed by atoms with Crippen LogP contribution in [0.5, 0.6) is 0 Å². The molecule has 1 heterocycles. The highest BCUT2D eigenvalue weighted by molar-refractivity contribution is 4.75. The Morgan fingerprint density at radius 1 is 1.33 bits per heavy atom. The summed E-state index contributed by atoms with van der Waals surface area (Å²) >= 11 is 0. The third-order valence-corrected chi connectivity index (χ3v) is 2.74. The molecule has 0 aromatic heterocycles. The second kappa shape index (κ2) is 7.17. The number of rotatable bonds is 7. The van der Waals surface area contributed by atoms with Gasteiger partial charge in [0.05, 0.1) is 0 Å². The summed E-state index contributed by atoms with van der Waals surface area (Å²) in [6.45, 7) is 8.45. The van der Waals surface area contributed by atoms with Gasteiger partial charge in [-0.15, -0.1) is 0 Å². The lowest BCUT2D eigenvalue weighted by molar-refractivity contribution is -0.145. The monoisotopic (exact) mass is 217 g/mol. The van der Waals surface area contributed by atoms with E-state index in [0.29, 0.717) is 25.7 Å². The van der Waals surface area contributed by atoms with Gasteiger partial charge in [-0.25, -0.2) is 0 Å². The number of aliphatic hydroxyl groups excluding tert-OH is 1. The van der Waals surface area contributed by atoms with E-state index >= 15 is 0 Å². The molecule has 0 bridgehead atoms. The maximum absolute atomic E-state index is 9.04. The first-order chi connectivity index (χ1) is 7.30. The topological polar surface area (TPSA) is 41.9 Å². The maximum atomic E-state index is 9.04. The molecule has 90 valence electrons. The highest BCUT2D eigenvalue weighted by Crippen LogP contribution is 2.16. The van der Waals surface area contributed by atoms with Gasteiger partial charge in [0.2, 0.25) is 0 Å². The molecule has 0 aliphatic carbocycles. The van der Waals surface area contributed by atoms with E-state index in [4.69, 9.17) is 14.6 Å². The zero-order chi connectivity index (χ0) is 11.1. The zero-order valence-electron chi connectivity index (χ0n) is 9.82. The molecule has 0 aromatic carbocycles. The van der Waals surface area contributed by atoms with Crippen molar-refractivity contribution in [3.05, 3.63) is 0 Å². The number of aliphatic hydroxyl groups is 1. The van der Waals surface area contributed by atoms with Crippen LogP contribution in [0.3, 0.4) is 0 Å². The summed E-state index contributed by atoms with van der Waals surface area (Å²) in [5.74, 6) is 0.439. The summed E-state index contributed by atoms with van der Waals surface area (Å²) in [6.07, 6.45) is 0.971. The molecule has 1 fully saturated rings. The minimum Gasteiger partial charge on any atom is -0.396 e. The molecule has 0 amide bonds. The van der Waals surface area contributed by atoms with Crippen molar-refractivity contribution in [3.63, 3.8) is 0 Å². The molecule has 4 heteroatoms. The molecular weight excluding hydrogens is 194 g/mol. The Balaban J connectivity index is 2.25. The normalized spacial score (nSPS) is 22.8. The number of hydrogen-bond acceptors (Lipinski definition) is 4. The fraction of sp³-hybridized carbons (Fsp3) is 1.00. The van der Waals surface area contributed by atoms with Crippen LogP contribution in [-0.2, 0) is 9.47 Å². The summed E-state index contributed by atoms with van der Waals surface area (Å²) in [4.78, 5) is 2.30. The van der Waals surface area contributed by atoms with Crippen molar-refractivity contribution in [2.75, 3.05) is 39.5 Å². The molecule has 1 atom stereocenters. The lowest BCUT2D eigenvalue weighted by Gasteiger charge is -2.23. The van der Waals surface area contributed by atoms with Crippen LogP contribution >= 0.6 is 0 Å². The van der Waals surface area contributed by atoms with Crippen LogP contribution in [0, 0.1) is 5.92 Å². The standard InChI is InChI=1S/C11H23NO3/c1-3-14-11(15-4-2)8-12-6-5-10(7-12)9-13/h10-11,13H,3-9H2,1-2H3. The van der Waals surface area contributed by atoms with Gasteiger partial charge in [0.15, 0.2) is 6.29 Å². The van der Waals surface area contributed by atoms with E-state index in [1.54, 1.807) is 0 Å². The van der Waals surface area contributed by atoms with Crippen molar-refractivity contribution >= 4 is 0 Å². The Morgan fingerprint density at radius 2 is 2.00 bits per heavy atom. The summed E-state index contributed by atoms with van der Waals surface area (Å²) in [5, 5.41) is 9.04. The van der Waals surface area contributed by atoms with Crippen molar-refractivity contribution in [2.24, 2.45) is 5.92 Å². The lowest BCUT2D eigenvalue weighted by Crippen LogP contribution is -2.34. The van der Waals surface area contributed by atoms with Crippen LogP contribution in [0.4, 0.5) is 0 Å². The van der Waals surface area contributed by atoms with Crippen LogP contribution < -0.4 is 0 Å². The van der Waals surface area contributed by atoms with E-state index in [-0.39, 0.29) is 6.29 Å². The minimum atomic E-state index is -0.113. The van der Waals surface area contributed by atoms with Gasteiger partial charge in [-0.2, -0.15) is 0 Å². The van der Waals surface area contributed by atoms with Crippen LogP contribution in [-0.4, -0.2) is 55.8 Å². The van der Waals surface area contributed by atoms with Gasteiger partial charge >= 0.3 is 0 Å². The SMILES string of the molecule is CCOC(CN1CCC(CO)C1)OCC. The van der Waals surface area contributed by atoms with Gasteiger partial charge < -0.3 is 14.6 Å². The van der Waals surface area contributed by atoms with Crippen molar-refractivity contribution in [1.82, 2.24) is 4.90 Å². The number of likely N-dealkylation sites (tertiary alicyclic amines) is 1. The predicted octanol–water partition coefficient (Wildman–Crippen LogP) is 0.700. The first-order valence-corrected chi connectivity index (χ1v) is 5.86. The van der Waals surface area contributed by atoms with Crippen molar-refractivity contribution in [1.29, 1.82) is 0 Å². The largest absolute Gasteiger partial charge is 0.396 e. The first-order valence-electron chi connectivity index (χ1n) is 5.86. The Labute approximate surface area is 92.2 Å². The average Bonchev–Trinajstić information content (AvgIpc) is 2.66. The van der Waals surface area contributed by atoms with Crippen LogP contribution in [0.2, 0.25) is 0 Å². The van der Waals surface area contributed by atoms with Gasteiger partial charge in [0.1, 0.15) is 0 Å². The molecule has 4 nitrogen and oxygen atoms in total. The third-order valence-electron chi connectivity index (χ3n) is 2.74. The van der Waals surface area contributed by atoms with Gasteiger partial charge in [0.25, 0.3) is 0 Å². The van der Waals surface area contributed by atoms with Gasteiger partial charge in [0, 0.05) is 32.9 Å².